The first-order valence-electron chi connectivity index (χ1n) is 8.23. The van der Waals surface area contributed by atoms with E-state index < -0.39 is 0 Å². The van der Waals surface area contributed by atoms with Crippen LogP contribution in [0.5, 0.6) is 0 Å². The molecule has 0 bridgehead atoms. The number of amides is 1. The Morgan fingerprint density at radius 1 is 1.09 bits per heavy atom. The number of hydrogen-bond acceptors (Lipinski definition) is 1. The number of nitrogens with one attached hydrogen (secondary N) is 1. The van der Waals surface area contributed by atoms with Crippen molar-refractivity contribution in [3.63, 3.8) is 0 Å². The number of rotatable bonds is 2. The van der Waals surface area contributed by atoms with Crippen molar-refractivity contribution in [1.29, 1.82) is 0 Å². The molecule has 0 aliphatic heterocycles. The molecular weight excluding hydrogens is 270 g/mol. The van der Waals surface area contributed by atoms with Crippen molar-refractivity contribution in [2.75, 3.05) is 0 Å². The Hall–Kier alpha value is -1.83. The molecule has 1 aliphatic carbocycles. The van der Waals surface area contributed by atoms with Gasteiger partial charge in [0.15, 0.2) is 0 Å². The zero-order valence-corrected chi connectivity index (χ0v) is 13.7. The summed E-state index contributed by atoms with van der Waals surface area (Å²) in [5.74, 6) is 0.730. The molecule has 2 aromatic carbocycles. The number of benzene rings is 2. The average molecular weight is 295 g/mol. The molecule has 0 spiro atoms. The Morgan fingerprint density at radius 3 is 2.59 bits per heavy atom. The number of carbonyl (C=O) groups is 1. The van der Waals surface area contributed by atoms with Crippen molar-refractivity contribution in [2.24, 2.45) is 11.3 Å². The largest absolute Gasteiger partial charge is 0.349 e. The summed E-state index contributed by atoms with van der Waals surface area (Å²) >= 11 is 0. The van der Waals surface area contributed by atoms with Gasteiger partial charge in [0.1, 0.15) is 0 Å². The predicted octanol–water partition coefficient (Wildman–Crippen LogP) is 4.78. The molecule has 0 radical (unpaired) electrons. The van der Waals surface area contributed by atoms with Gasteiger partial charge in [0.2, 0.25) is 0 Å². The minimum absolute atomic E-state index is 0.0618. The summed E-state index contributed by atoms with van der Waals surface area (Å²) in [6.07, 6.45) is 3.39. The second-order valence-electron chi connectivity index (χ2n) is 7.61. The van der Waals surface area contributed by atoms with Crippen molar-refractivity contribution in [3.8, 4) is 0 Å². The van der Waals surface area contributed by atoms with E-state index in [1.807, 2.05) is 30.3 Å². The standard InChI is InChI=1S/C20H25NO/c1-14-11-16(13-20(2,3)12-14)21-19(22)18-10-6-8-15-7-4-5-9-17(15)18/h4-10,14,16H,11-13H2,1-3H3,(H,21,22)/t14-,16+/m1/s1. The van der Waals surface area contributed by atoms with Crippen LogP contribution < -0.4 is 5.32 Å². The molecule has 2 aromatic rings. The van der Waals surface area contributed by atoms with Crippen LogP contribution >= 0.6 is 0 Å². The van der Waals surface area contributed by atoms with Crippen LogP contribution in [0.4, 0.5) is 0 Å². The molecule has 0 unspecified atom stereocenters. The zero-order valence-electron chi connectivity index (χ0n) is 13.7. The SMILES string of the molecule is C[C@@H]1C[C@H](NC(=O)c2cccc3ccccc23)CC(C)(C)C1. The van der Waals surface area contributed by atoms with E-state index in [0.717, 1.165) is 29.2 Å². The fourth-order valence-electron chi connectivity index (χ4n) is 4.14. The molecule has 3 rings (SSSR count). The molecule has 1 N–H and O–H groups in total. The van der Waals surface area contributed by atoms with Crippen LogP contribution in [0.3, 0.4) is 0 Å². The van der Waals surface area contributed by atoms with Crippen LogP contribution in [0.15, 0.2) is 42.5 Å². The van der Waals surface area contributed by atoms with Crippen molar-refractivity contribution in [3.05, 3.63) is 48.0 Å². The van der Waals surface area contributed by atoms with Gasteiger partial charge in [0.25, 0.3) is 5.91 Å². The Labute approximate surface area is 132 Å². The molecule has 1 amide bonds. The summed E-state index contributed by atoms with van der Waals surface area (Å²) in [5, 5.41) is 5.43. The molecule has 0 heterocycles. The van der Waals surface area contributed by atoms with Gasteiger partial charge in [-0.05, 0) is 47.4 Å². The van der Waals surface area contributed by atoms with Crippen LogP contribution in [0.2, 0.25) is 0 Å². The molecule has 1 aliphatic rings. The van der Waals surface area contributed by atoms with E-state index in [9.17, 15) is 4.79 Å². The highest BCUT2D eigenvalue weighted by Gasteiger charge is 2.32. The number of fused-ring (bicyclic) bond motifs is 1. The lowest BCUT2D eigenvalue weighted by Crippen LogP contribution is -2.43. The van der Waals surface area contributed by atoms with Gasteiger partial charge in [-0.15, -0.1) is 0 Å². The fourth-order valence-corrected chi connectivity index (χ4v) is 4.14. The molecular formula is C20H25NO. The van der Waals surface area contributed by atoms with E-state index in [-0.39, 0.29) is 11.9 Å². The first-order valence-corrected chi connectivity index (χ1v) is 8.23. The van der Waals surface area contributed by atoms with E-state index in [4.69, 9.17) is 0 Å². The van der Waals surface area contributed by atoms with E-state index in [2.05, 4.69) is 38.2 Å². The van der Waals surface area contributed by atoms with Gasteiger partial charge in [-0.1, -0.05) is 57.2 Å². The van der Waals surface area contributed by atoms with Crippen molar-refractivity contribution in [2.45, 2.75) is 46.1 Å². The minimum Gasteiger partial charge on any atom is -0.349 e. The lowest BCUT2D eigenvalue weighted by Gasteiger charge is -2.39. The second kappa shape index (κ2) is 5.75. The molecule has 0 aromatic heterocycles. The third-order valence-corrected chi connectivity index (χ3v) is 4.76. The van der Waals surface area contributed by atoms with Gasteiger partial charge in [0, 0.05) is 11.6 Å². The number of carbonyl (C=O) groups excluding carboxylic acids is 1. The van der Waals surface area contributed by atoms with E-state index in [1.54, 1.807) is 0 Å². The summed E-state index contributed by atoms with van der Waals surface area (Å²) in [4.78, 5) is 12.7. The van der Waals surface area contributed by atoms with Gasteiger partial charge < -0.3 is 5.32 Å². The minimum atomic E-state index is 0.0618. The normalized spacial score (nSPS) is 24.1. The van der Waals surface area contributed by atoms with Crippen molar-refractivity contribution >= 4 is 16.7 Å². The monoisotopic (exact) mass is 295 g/mol. The zero-order chi connectivity index (χ0) is 15.7. The second-order valence-corrected chi connectivity index (χ2v) is 7.61. The van der Waals surface area contributed by atoms with Gasteiger partial charge in [0.05, 0.1) is 0 Å². The van der Waals surface area contributed by atoms with E-state index in [0.29, 0.717) is 11.3 Å². The third kappa shape index (κ3) is 3.16. The predicted molar refractivity (Wildman–Crippen MR) is 92.0 cm³/mol. The van der Waals surface area contributed by atoms with Crippen molar-refractivity contribution in [1.82, 2.24) is 5.32 Å². The maximum atomic E-state index is 12.7. The molecule has 116 valence electrons. The highest BCUT2D eigenvalue weighted by molar-refractivity contribution is 6.07. The summed E-state index contributed by atoms with van der Waals surface area (Å²) in [6, 6.07) is 14.3. The smallest absolute Gasteiger partial charge is 0.252 e. The fraction of sp³-hybridized carbons (Fsp3) is 0.450. The lowest BCUT2D eigenvalue weighted by molar-refractivity contribution is 0.0876. The first-order chi connectivity index (χ1) is 10.4. The van der Waals surface area contributed by atoms with Crippen LogP contribution in [0.1, 0.15) is 50.4 Å². The summed E-state index contributed by atoms with van der Waals surface area (Å²) < 4.78 is 0. The van der Waals surface area contributed by atoms with Crippen LogP contribution in [0.25, 0.3) is 10.8 Å². The molecule has 2 atom stereocenters. The highest BCUT2D eigenvalue weighted by atomic mass is 16.1. The maximum absolute atomic E-state index is 12.7. The maximum Gasteiger partial charge on any atom is 0.252 e. The summed E-state index contributed by atoms with van der Waals surface area (Å²) in [7, 11) is 0. The average Bonchev–Trinajstić information content (AvgIpc) is 2.44. The highest BCUT2D eigenvalue weighted by Crippen LogP contribution is 2.38. The molecule has 1 fully saturated rings. The lowest BCUT2D eigenvalue weighted by atomic mass is 9.70. The molecule has 1 saturated carbocycles. The molecule has 2 heteroatoms. The molecule has 2 nitrogen and oxygen atoms in total. The molecule has 22 heavy (non-hydrogen) atoms. The Balaban J connectivity index is 1.82. The van der Waals surface area contributed by atoms with Gasteiger partial charge >= 0.3 is 0 Å². The number of hydrogen-bond donors (Lipinski definition) is 1. The topological polar surface area (TPSA) is 29.1 Å². The molecule has 0 saturated heterocycles. The van der Waals surface area contributed by atoms with Crippen molar-refractivity contribution < 1.29 is 4.79 Å². The van der Waals surface area contributed by atoms with Crippen LogP contribution in [-0.4, -0.2) is 11.9 Å². The Morgan fingerprint density at radius 2 is 1.82 bits per heavy atom. The van der Waals surface area contributed by atoms with E-state index >= 15 is 0 Å². The Bertz CT molecular complexity index is 684. The van der Waals surface area contributed by atoms with Crippen LogP contribution in [-0.2, 0) is 0 Å². The quantitative estimate of drug-likeness (QED) is 0.848. The van der Waals surface area contributed by atoms with Gasteiger partial charge in [-0.25, -0.2) is 0 Å². The first kappa shape index (κ1) is 15.1. The van der Waals surface area contributed by atoms with Crippen LogP contribution in [0, 0.1) is 11.3 Å². The van der Waals surface area contributed by atoms with Gasteiger partial charge in [-0.2, -0.15) is 0 Å². The van der Waals surface area contributed by atoms with E-state index in [1.165, 1.54) is 6.42 Å². The summed E-state index contributed by atoms with van der Waals surface area (Å²) in [6.45, 7) is 6.90. The Kier molecular flexibility index (Phi) is 3.94. The summed E-state index contributed by atoms with van der Waals surface area (Å²) in [5.41, 5.74) is 1.10. The third-order valence-electron chi connectivity index (χ3n) is 4.76. The van der Waals surface area contributed by atoms with Gasteiger partial charge in [-0.3, -0.25) is 4.79 Å².